The summed E-state index contributed by atoms with van der Waals surface area (Å²) in [6.45, 7) is 2.85. The van der Waals surface area contributed by atoms with Crippen LogP contribution in [0.1, 0.15) is 44.2 Å². The topological polar surface area (TPSA) is 20.3 Å². The molecule has 0 amide bonds. The van der Waals surface area contributed by atoms with Gasteiger partial charge in [0.25, 0.3) is 0 Å². The molecule has 0 aromatic heterocycles. The number of benzene rings is 1. The van der Waals surface area contributed by atoms with Crippen LogP contribution < -0.4 is 0 Å². The molecular weight excluding hydrogens is 241 g/mol. The molecule has 2 nitrogen and oxygen atoms in total. The van der Waals surface area contributed by atoms with Gasteiger partial charge in [0, 0.05) is 23.9 Å². The Hall–Kier alpha value is -1.22. The Bertz CT molecular complexity index is 446. The van der Waals surface area contributed by atoms with Gasteiger partial charge in [0.1, 0.15) is 11.6 Å². The molecule has 2 atom stereocenters. The third kappa shape index (κ3) is 3.41. The maximum atomic E-state index is 13.7. The molecule has 1 saturated carbocycles. The Morgan fingerprint density at radius 3 is 2.79 bits per heavy atom. The normalized spacial score (nSPS) is 21.1. The summed E-state index contributed by atoms with van der Waals surface area (Å²) in [4.78, 5) is 13.7. The van der Waals surface area contributed by atoms with Gasteiger partial charge in [-0.05, 0) is 45.8 Å². The molecule has 1 fully saturated rings. The Morgan fingerprint density at radius 1 is 1.42 bits per heavy atom. The van der Waals surface area contributed by atoms with Crippen molar-refractivity contribution < 1.29 is 9.18 Å². The first-order valence-corrected chi connectivity index (χ1v) is 7.07. The van der Waals surface area contributed by atoms with Crippen molar-refractivity contribution in [1.29, 1.82) is 0 Å². The Labute approximate surface area is 114 Å². The average molecular weight is 263 g/mol. The minimum absolute atomic E-state index is 0.0395. The molecule has 19 heavy (non-hydrogen) atoms. The first-order chi connectivity index (χ1) is 9.09. The van der Waals surface area contributed by atoms with Gasteiger partial charge < -0.3 is 0 Å². The lowest BCUT2D eigenvalue weighted by atomic mass is 10.0. The zero-order valence-corrected chi connectivity index (χ0v) is 11.7. The fourth-order valence-electron chi connectivity index (χ4n) is 2.80. The number of hydrogen-bond donors (Lipinski definition) is 0. The predicted molar refractivity (Wildman–Crippen MR) is 74.4 cm³/mol. The van der Waals surface area contributed by atoms with Gasteiger partial charge in [-0.25, -0.2) is 4.39 Å². The minimum atomic E-state index is -0.154. The second kappa shape index (κ2) is 6.29. The van der Waals surface area contributed by atoms with E-state index in [4.69, 9.17) is 0 Å². The summed E-state index contributed by atoms with van der Waals surface area (Å²) >= 11 is 0. The van der Waals surface area contributed by atoms with E-state index in [1.807, 2.05) is 26.1 Å². The number of Topliss-reactive ketones (excluding diaryl/α,β-unsaturated/α-hetero) is 1. The third-order valence-electron chi connectivity index (χ3n) is 4.28. The molecule has 0 bridgehead atoms. The van der Waals surface area contributed by atoms with E-state index in [9.17, 15) is 9.18 Å². The molecule has 1 aromatic carbocycles. The first kappa shape index (κ1) is 14.2. The number of carbonyl (C=O) groups excluding carboxylic acids is 1. The SMILES string of the molecule is CC(c1ccccc1F)N(C)CCC1CCCC1=O. The van der Waals surface area contributed by atoms with Crippen molar-refractivity contribution in [1.82, 2.24) is 4.90 Å². The van der Waals surface area contributed by atoms with E-state index in [0.29, 0.717) is 5.78 Å². The van der Waals surface area contributed by atoms with Crippen molar-refractivity contribution in [3.63, 3.8) is 0 Å². The molecule has 1 aliphatic carbocycles. The van der Waals surface area contributed by atoms with E-state index in [1.54, 1.807) is 6.07 Å². The van der Waals surface area contributed by atoms with Gasteiger partial charge in [-0.15, -0.1) is 0 Å². The van der Waals surface area contributed by atoms with Crippen LogP contribution in [0.25, 0.3) is 0 Å². The van der Waals surface area contributed by atoms with E-state index in [1.165, 1.54) is 6.07 Å². The summed E-state index contributed by atoms with van der Waals surface area (Å²) in [5.41, 5.74) is 0.725. The van der Waals surface area contributed by atoms with Crippen LogP contribution in [-0.4, -0.2) is 24.3 Å². The summed E-state index contributed by atoms with van der Waals surface area (Å²) in [6.07, 6.45) is 3.71. The molecule has 0 saturated heterocycles. The first-order valence-electron chi connectivity index (χ1n) is 7.07. The number of nitrogens with zero attached hydrogens (tertiary/aromatic N) is 1. The van der Waals surface area contributed by atoms with Crippen molar-refractivity contribution >= 4 is 5.78 Å². The summed E-state index contributed by atoms with van der Waals surface area (Å²) in [7, 11) is 2.00. The quantitative estimate of drug-likeness (QED) is 0.809. The highest BCUT2D eigenvalue weighted by Gasteiger charge is 2.25. The zero-order chi connectivity index (χ0) is 13.8. The molecule has 1 aliphatic rings. The van der Waals surface area contributed by atoms with Crippen LogP contribution in [0.3, 0.4) is 0 Å². The number of carbonyl (C=O) groups is 1. The molecule has 0 aliphatic heterocycles. The van der Waals surface area contributed by atoms with E-state index < -0.39 is 0 Å². The van der Waals surface area contributed by atoms with Gasteiger partial charge in [-0.3, -0.25) is 9.69 Å². The molecule has 0 radical (unpaired) electrons. The Balaban J connectivity index is 1.91. The summed E-state index contributed by atoms with van der Waals surface area (Å²) in [6, 6.07) is 6.95. The highest BCUT2D eigenvalue weighted by Crippen LogP contribution is 2.26. The molecule has 0 N–H and O–H groups in total. The van der Waals surface area contributed by atoms with Gasteiger partial charge in [0.15, 0.2) is 0 Å². The summed E-state index contributed by atoms with van der Waals surface area (Å²) in [5.74, 6) is 0.487. The molecule has 3 heteroatoms. The summed E-state index contributed by atoms with van der Waals surface area (Å²) in [5, 5.41) is 0. The van der Waals surface area contributed by atoms with Crippen molar-refractivity contribution in [3.8, 4) is 0 Å². The molecule has 2 rings (SSSR count). The van der Waals surface area contributed by atoms with Crippen LogP contribution in [-0.2, 0) is 4.79 Å². The molecule has 1 aromatic rings. The Morgan fingerprint density at radius 2 is 2.16 bits per heavy atom. The van der Waals surface area contributed by atoms with Crippen molar-refractivity contribution in [2.45, 2.75) is 38.6 Å². The molecule has 2 unspecified atom stereocenters. The molecule has 0 spiro atoms. The van der Waals surface area contributed by atoms with Crippen LogP contribution in [0.5, 0.6) is 0 Å². The summed E-state index contributed by atoms with van der Waals surface area (Å²) < 4.78 is 13.7. The second-order valence-electron chi connectivity index (χ2n) is 5.52. The van der Waals surface area contributed by atoms with E-state index in [2.05, 4.69) is 4.90 Å². The maximum Gasteiger partial charge on any atom is 0.136 e. The van der Waals surface area contributed by atoms with E-state index in [0.717, 1.165) is 37.8 Å². The molecule has 104 valence electrons. The van der Waals surface area contributed by atoms with Gasteiger partial charge in [0.2, 0.25) is 0 Å². The molecule has 0 heterocycles. The number of rotatable bonds is 5. The van der Waals surface area contributed by atoms with Gasteiger partial charge in [0.05, 0.1) is 0 Å². The van der Waals surface area contributed by atoms with E-state index >= 15 is 0 Å². The smallest absolute Gasteiger partial charge is 0.136 e. The number of halogens is 1. The van der Waals surface area contributed by atoms with Crippen LogP contribution in [0.4, 0.5) is 4.39 Å². The van der Waals surface area contributed by atoms with Gasteiger partial charge >= 0.3 is 0 Å². The second-order valence-corrected chi connectivity index (χ2v) is 5.52. The standard InChI is InChI=1S/C16H22FNO/c1-12(14-7-3-4-8-15(14)17)18(2)11-10-13-6-5-9-16(13)19/h3-4,7-8,12-13H,5-6,9-11H2,1-2H3. The molecular formula is C16H22FNO. The largest absolute Gasteiger partial charge is 0.300 e. The lowest BCUT2D eigenvalue weighted by Gasteiger charge is -2.26. The predicted octanol–water partition coefficient (Wildman–Crippen LogP) is 3.58. The van der Waals surface area contributed by atoms with E-state index in [-0.39, 0.29) is 17.8 Å². The fraction of sp³-hybridized carbons (Fsp3) is 0.562. The highest BCUT2D eigenvalue weighted by molar-refractivity contribution is 5.82. The number of hydrogen-bond acceptors (Lipinski definition) is 2. The van der Waals surface area contributed by atoms with Gasteiger partial charge in [-0.2, -0.15) is 0 Å². The third-order valence-corrected chi connectivity index (χ3v) is 4.28. The fourth-order valence-corrected chi connectivity index (χ4v) is 2.80. The average Bonchev–Trinajstić information content (AvgIpc) is 2.81. The van der Waals surface area contributed by atoms with Crippen molar-refractivity contribution in [3.05, 3.63) is 35.6 Å². The van der Waals surface area contributed by atoms with Crippen molar-refractivity contribution in [2.75, 3.05) is 13.6 Å². The van der Waals surface area contributed by atoms with Gasteiger partial charge in [-0.1, -0.05) is 18.2 Å². The lowest BCUT2D eigenvalue weighted by molar-refractivity contribution is -0.120. The monoisotopic (exact) mass is 263 g/mol. The minimum Gasteiger partial charge on any atom is -0.300 e. The van der Waals surface area contributed by atoms with Crippen LogP contribution in [0, 0.1) is 11.7 Å². The van der Waals surface area contributed by atoms with Crippen LogP contribution in [0.2, 0.25) is 0 Å². The Kier molecular flexibility index (Phi) is 4.70. The van der Waals surface area contributed by atoms with Crippen molar-refractivity contribution in [2.24, 2.45) is 5.92 Å². The highest BCUT2D eigenvalue weighted by atomic mass is 19.1. The zero-order valence-electron chi connectivity index (χ0n) is 11.7. The lowest BCUT2D eigenvalue weighted by Crippen LogP contribution is -2.26. The van der Waals surface area contributed by atoms with Crippen LogP contribution in [0.15, 0.2) is 24.3 Å². The number of ketones is 1. The van der Waals surface area contributed by atoms with Crippen LogP contribution >= 0.6 is 0 Å². The maximum absolute atomic E-state index is 13.7.